The summed E-state index contributed by atoms with van der Waals surface area (Å²) in [5, 5.41) is 15.9. The van der Waals surface area contributed by atoms with Gasteiger partial charge in [0.15, 0.2) is 5.13 Å². The lowest BCUT2D eigenvalue weighted by molar-refractivity contribution is -0.384. The van der Waals surface area contributed by atoms with Crippen LogP contribution in [0.3, 0.4) is 0 Å². The Morgan fingerprint density at radius 3 is 2.73 bits per heavy atom. The predicted octanol–water partition coefficient (Wildman–Crippen LogP) is 3.65. The molecule has 0 aliphatic carbocycles. The largest absolute Gasteiger partial charge is 0.280 e. The maximum atomic E-state index is 13.2. The van der Waals surface area contributed by atoms with Crippen LogP contribution in [0.15, 0.2) is 48.7 Å². The van der Waals surface area contributed by atoms with E-state index in [-0.39, 0.29) is 24.7 Å². The molecule has 0 N–H and O–H groups in total. The Labute approximate surface area is 175 Å². The number of nitro benzene ring substituents is 1. The maximum absolute atomic E-state index is 13.2. The summed E-state index contributed by atoms with van der Waals surface area (Å²) in [6, 6.07) is 11.9. The zero-order valence-electron chi connectivity index (χ0n) is 16.3. The molecule has 3 heterocycles. The van der Waals surface area contributed by atoms with Gasteiger partial charge in [0.05, 0.1) is 33.1 Å². The first-order valence-corrected chi connectivity index (χ1v) is 9.98. The fraction of sp³-hybridized carbons (Fsp3) is 0.200. The number of hydrogen-bond acceptors (Lipinski definition) is 7. The van der Waals surface area contributed by atoms with Crippen molar-refractivity contribution in [3.05, 3.63) is 75.9 Å². The molecule has 0 radical (unpaired) electrons. The van der Waals surface area contributed by atoms with Crippen LogP contribution in [0.1, 0.15) is 17.1 Å². The van der Waals surface area contributed by atoms with E-state index in [4.69, 9.17) is 0 Å². The number of fused-ring (bicyclic) bond motifs is 1. The minimum atomic E-state index is -0.446. The van der Waals surface area contributed by atoms with Gasteiger partial charge in [0, 0.05) is 24.0 Å². The van der Waals surface area contributed by atoms with Crippen molar-refractivity contribution in [3.63, 3.8) is 0 Å². The maximum Gasteiger partial charge on any atom is 0.270 e. The Morgan fingerprint density at radius 1 is 1.23 bits per heavy atom. The van der Waals surface area contributed by atoms with Gasteiger partial charge in [-0.05, 0) is 38.1 Å². The molecule has 4 aromatic rings. The van der Waals surface area contributed by atoms with E-state index in [0.717, 1.165) is 11.4 Å². The fourth-order valence-electron chi connectivity index (χ4n) is 3.09. The number of thiazole rings is 1. The molecule has 4 rings (SSSR count). The zero-order valence-corrected chi connectivity index (χ0v) is 17.2. The highest BCUT2D eigenvalue weighted by Crippen LogP contribution is 2.32. The molecule has 0 saturated carbocycles. The van der Waals surface area contributed by atoms with E-state index < -0.39 is 4.92 Å². The van der Waals surface area contributed by atoms with Gasteiger partial charge in [-0.25, -0.2) is 4.98 Å². The molecule has 1 aromatic carbocycles. The van der Waals surface area contributed by atoms with Crippen LogP contribution in [0, 0.1) is 24.0 Å². The molecule has 0 bridgehead atoms. The lowest BCUT2D eigenvalue weighted by atomic mass is 10.3. The van der Waals surface area contributed by atoms with E-state index in [1.807, 2.05) is 38.1 Å². The first-order valence-electron chi connectivity index (χ1n) is 9.17. The van der Waals surface area contributed by atoms with E-state index in [9.17, 15) is 14.9 Å². The van der Waals surface area contributed by atoms with Crippen molar-refractivity contribution in [2.75, 3.05) is 4.90 Å². The van der Waals surface area contributed by atoms with Crippen molar-refractivity contribution in [2.24, 2.45) is 0 Å². The fourth-order valence-corrected chi connectivity index (χ4v) is 4.11. The van der Waals surface area contributed by atoms with Gasteiger partial charge in [0.25, 0.3) is 11.6 Å². The second kappa shape index (κ2) is 7.99. The first kappa shape index (κ1) is 19.6. The monoisotopic (exact) mass is 422 g/mol. The van der Waals surface area contributed by atoms with Crippen LogP contribution in [-0.2, 0) is 17.9 Å². The minimum Gasteiger partial charge on any atom is -0.280 e. The smallest absolute Gasteiger partial charge is 0.270 e. The van der Waals surface area contributed by atoms with Crippen molar-refractivity contribution in [2.45, 2.75) is 26.9 Å². The third kappa shape index (κ3) is 4.03. The highest BCUT2D eigenvalue weighted by Gasteiger charge is 2.22. The normalized spacial score (nSPS) is 11.0. The van der Waals surface area contributed by atoms with Crippen LogP contribution < -0.4 is 4.90 Å². The number of amides is 1. The van der Waals surface area contributed by atoms with Crippen LogP contribution in [0.5, 0.6) is 0 Å². The summed E-state index contributed by atoms with van der Waals surface area (Å²) in [6.45, 7) is 4.07. The summed E-state index contributed by atoms with van der Waals surface area (Å²) in [5.41, 5.74) is 3.03. The number of carbonyl (C=O) groups is 1. The van der Waals surface area contributed by atoms with E-state index >= 15 is 0 Å². The second-order valence-electron chi connectivity index (χ2n) is 6.79. The van der Waals surface area contributed by atoms with Crippen molar-refractivity contribution >= 4 is 38.3 Å². The number of pyridine rings is 1. The molecule has 30 heavy (non-hydrogen) atoms. The summed E-state index contributed by atoms with van der Waals surface area (Å²) < 4.78 is 2.30. The minimum absolute atomic E-state index is 0.0112. The standard InChI is InChI=1S/C20H18N6O3S/c1-13-9-14(2)25(23-13)12-19(27)24(11-15-5-3-4-8-21-15)20-22-17-7-6-16(26(28)29)10-18(17)30-20/h3-10H,11-12H2,1-2H3. The summed E-state index contributed by atoms with van der Waals surface area (Å²) in [7, 11) is 0. The van der Waals surface area contributed by atoms with Gasteiger partial charge in [-0.1, -0.05) is 17.4 Å². The number of aromatic nitrogens is 4. The molecule has 0 saturated heterocycles. The van der Waals surface area contributed by atoms with Crippen LogP contribution in [0.25, 0.3) is 10.2 Å². The summed E-state index contributed by atoms with van der Waals surface area (Å²) in [5.74, 6) is -0.194. The summed E-state index contributed by atoms with van der Waals surface area (Å²) >= 11 is 1.24. The van der Waals surface area contributed by atoms with E-state index in [2.05, 4.69) is 15.1 Å². The van der Waals surface area contributed by atoms with Crippen LogP contribution in [0.4, 0.5) is 10.8 Å². The molecule has 0 spiro atoms. The molecule has 3 aromatic heterocycles. The number of rotatable bonds is 6. The summed E-state index contributed by atoms with van der Waals surface area (Å²) in [6.07, 6.45) is 1.67. The van der Waals surface area contributed by atoms with Crippen molar-refractivity contribution in [3.8, 4) is 0 Å². The molecule has 1 amide bonds. The van der Waals surface area contributed by atoms with E-state index in [0.29, 0.717) is 21.0 Å². The van der Waals surface area contributed by atoms with Crippen LogP contribution >= 0.6 is 11.3 Å². The highest BCUT2D eigenvalue weighted by atomic mass is 32.1. The Bertz CT molecular complexity index is 1230. The number of nitrogens with zero attached hydrogens (tertiary/aromatic N) is 6. The van der Waals surface area contributed by atoms with Crippen LogP contribution in [0.2, 0.25) is 0 Å². The third-order valence-electron chi connectivity index (χ3n) is 4.54. The SMILES string of the molecule is Cc1cc(C)n(CC(=O)N(Cc2ccccn2)c2nc3ccc([N+](=O)[O-])cc3s2)n1. The number of hydrogen-bond donors (Lipinski definition) is 0. The van der Waals surface area contributed by atoms with Gasteiger partial charge in [-0.15, -0.1) is 0 Å². The molecule has 0 aliphatic rings. The number of carbonyl (C=O) groups excluding carboxylic acids is 1. The third-order valence-corrected chi connectivity index (χ3v) is 5.58. The Morgan fingerprint density at radius 2 is 2.07 bits per heavy atom. The highest BCUT2D eigenvalue weighted by molar-refractivity contribution is 7.22. The quantitative estimate of drug-likeness (QED) is 0.347. The number of non-ortho nitro benzene ring substituents is 1. The molecule has 0 aliphatic heterocycles. The topological polar surface area (TPSA) is 107 Å². The molecular formula is C20H18N6O3S. The summed E-state index contributed by atoms with van der Waals surface area (Å²) in [4.78, 5) is 34.3. The van der Waals surface area contributed by atoms with Gasteiger partial charge in [-0.3, -0.25) is 29.5 Å². The zero-order chi connectivity index (χ0) is 21.3. The lowest BCUT2D eigenvalue weighted by Crippen LogP contribution is -2.34. The average Bonchev–Trinajstić information content (AvgIpc) is 3.28. The number of benzene rings is 1. The van der Waals surface area contributed by atoms with Crippen molar-refractivity contribution in [1.82, 2.24) is 19.7 Å². The number of nitro groups is 1. The Hall–Kier alpha value is -3.66. The molecule has 9 nitrogen and oxygen atoms in total. The van der Waals surface area contributed by atoms with Crippen molar-refractivity contribution in [1.29, 1.82) is 0 Å². The van der Waals surface area contributed by atoms with E-state index in [1.165, 1.54) is 23.5 Å². The van der Waals surface area contributed by atoms with E-state index in [1.54, 1.807) is 21.8 Å². The number of aryl methyl sites for hydroxylation is 2. The second-order valence-corrected chi connectivity index (χ2v) is 7.80. The average molecular weight is 422 g/mol. The van der Waals surface area contributed by atoms with Gasteiger partial charge >= 0.3 is 0 Å². The van der Waals surface area contributed by atoms with Gasteiger partial charge in [0.2, 0.25) is 0 Å². The first-order chi connectivity index (χ1) is 14.4. The van der Waals surface area contributed by atoms with Gasteiger partial charge in [-0.2, -0.15) is 5.10 Å². The molecule has 0 fully saturated rings. The van der Waals surface area contributed by atoms with Gasteiger partial charge in [0.1, 0.15) is 6.54 Å². The molecule has 0 unspecified atom stereocenters. The lowest BCUT2D eigenvalue weighted by Gasteiger charge is -2.20. The molecule has 152 valence electrons. The van der Waals surface area contributed by atoms with Gasteiger partial charge < -0.3 is 0 Å². The molecular weight excluding hydrogens is 404 g/mol. The Balaban J connectivity index is 1.71. The van der Waals surface area contributed by atoms with Crippen LogP contribution in [-0.4, -0.2) is 30.6 Å². The number of anilines is 1. The Kier molecular flexibility index (Phi) is 5.23. The predicted molar refractivity (Wildman–Crippen MR) is 113 cm³/mol. The molecule has 0 atom stereocenters. The van der Waals surface area contributed by atoms with Crippen molar-refractivity contribution < 1.29 is 9.72 Å². The molecule has 10 heteroatoms.